The molecule has 1 aromatic heterocycles. The van der Waals surface area contributed by atoms with Crippen LogP contribution in [0.15, 0.2) is 24.5 Å². The molecule has 1 amide bonds. The van der Waals surface area contributed by atoms with Crippen LogP contribution in [-0.4, -0.2) is 45.8 Å². The number of rotatable bonds is 4. The quantitative estimate of drug-likeness (QED) is 0.862. The van der Waals surface area contributed by atoms with Crippen molar-refractivity contribution >= 4 is 5.91 Å². The van der Waals surface area contributed by atoms with Crippen LogP contribution in [0.25, 0.3) is 0 Å². The van der Waals surface area contributed by atoms with Crippen molar-refractivity contribution in [1.82, 2.24) is 19.7 Å². The van der Waals surface area contributed by atoms with Gasteiger partial charge in [-0.1, -0.05) is 12.1 Å². The molecule has 0 radical (unpaired) electrons. The highest BCUT2D eigenvalue weighted by Crippen LogP contribution is 2.26. The zero-order valence-electron chi connectivity index (χ0n) is 14.5. The molecule has 0 spiro atoms. The van der Waals surface area contributed by atoms with E-state index < -0.39 is 0 Å². The fourth-order valence-corrected chi connectivity index (χ4v) is 3.31. The first-order valence-corrected chi connectivity index (χ1v) is 8.33. The number of methoxy groups -OCH3 is 1. The van der Waals surface area contributed by atoms with E-state index in [1.165, 1.54) is 0 Å². The maximum Gasteiger partial charge on any atom is 0.226 e. The summed E-state index contributed by atoms with van der Waals surface area (Å²) in [6, 6.07) is 5.96. The van der Waals surface area contributed by atoms with Crippen molar-refractivity contribution in [2.75, 3.05) is 20.2 Å². The SMILES string of the molecule is COc1cc(CC(=O)N2CCC(c3nncn3C)CC2)ccc1C. The number of carbonyl (C=O) groups is 1. The molecule has 1 aromatic carbocycles. The van der Waals surface area contributed by atoms with Gasteiger partial charge in [-0.15, -0.1) is 10.2 Å². The van der Waals surface area contributed by atoms with Gasteiger partial charge in [0.2, 0.25) is 5.91 Å². The number of aromatic nitrogens is 3. The molecule has 0 bridgehead atoms. The first kappa shape index (κ1) is 16.5. The van der Waals surface area contributed by atoms with Crippen LogP contribution in [0.4, 0.5) is 0 Å². The molecule has 128 valence electrons. The molecule has 2 heterocycles. The summed E-state index contributed by atoms with van der Waals surface area (Å²) in [5, 5.41) is 8.15. The van der Waals surface area contributed by atoms with Crippen LogP contribution >= 0.6 is 0 Å². The summed E-state index contributed by atoms with van der Waals surface area (Å²) in [4.78, 5) is 14.5. The van der Waals surface area contributed by atoms with Gasteiger partial charge in [0.25, 0.3) is 0 Å². The topological polar surface area (TPSA) is 60.2 Å². The van der Waals surface area contributed by atoms with Crippen molar-refractivity contribution < 1.29 is 9.53 Å². The van der Waals surface area contributed by atoms with Gasteiger partial charge in [0.1, 0.15) is 17.9 Å². The molecule has 24 heavy (non-hydrogen) atoms. The van der Waals surface area contributed by atoms with Gasteiger partial charge in [0.15, 0.2) is 0 Å². The Morgan fingerprint density at radius 3 is 2.71 bits per heavy atom. The monoisotopic (exact) mass is 328 g/mol. The van der Waals surface area contributed by atoms with Crippen LogP contribution in [0.5, 0.6) is 5.75 Å². The van der Waals surface area contributed by atoms with E-state index in [2.05, 4.69) is 10.2 Å². The lowest BCUT2D eigenvalue weighted by atomic mass is 9.95. The first-order chi connectivity index (χ1) is 11.6. The van der Waals surface area contributed by atoms with Crippen LogP contribution in [0.1, 0.15) is 35.7 Å². The highest BCUT2D eigenvalue weighted by molar-refractivity contribution is 5.79. The van der Waals surface area contributed by atoms with Crippen LogP contribution in [0.2, 0.25) is 0 Å². The summed E-state index contributed by atoms with van der Waals surface area (Å²) in [6.07, 6.45) is 4.04. The lowest BCUT2D eigenvalue weighted by Crippen LogP contribution is -2.39. The third-order valence-electron chi connectivity index (χ3n) is 4.79. The molecule has 3 rings (SSSR count). The maximum atomic E-state index is 12.6. The zero-order valence-corrected chi connectivity index (χ0v) is 14.5. The number of hydrogen-bond donors (Lipinski definition) is 0. The summed E-state index contributed by atoms with van der Waals surface area (Å²) >= 11 is 0. The van der Waals surface area contributed by atoms with Gasteiger partial charge in [-0.25, -0.2) is 0 Å². The Balaban J connectivity index is 1.58. The molecule has 0 unspecified atom stereocenters. The van der Waals surface area contributed by atoms with Crippen LogP contribution in [-0.2, 0) is 18.3 Å². The molecule has 1 fully saturated rings. The molecule has 1 aliphatic rings. The van der Waals surface area contributed by atoms with Crippen LogP contribution in [0.3, 0.4) is 0 Å². The third-order valence-corrected chi connectivity index (χ3v) is 4.79. The number of benzene rings is 1. The summed E-state index contributed by atoms with van der Waals surface area (Å²) in [5.41, 5.74) is 2.08. The second kappa shape index (κ2) is 7.03. The Kier molecular flexibility index (Phi) is 4.83. The van der Waals surface area contributed by atoms with E-state index in [1.54, 1.807) is 13.4 Å². The number of amides is 1. The van der Waals surface area contributed by atoms with Crippen molar-refractivity contribution in [2.24, 2.45) is 7.05 Å². The predicted molar refractivity (Wildman–Crippen MR) is 91.0 cm³/mol. The van der Waals surface area contributed by atoms with E-state index in [0.29, 0.717) is 12.3 Å². The minimum atomic E-state index is 0.178. The van der Waals surface area contributed by atoms with Gasteiger partial charge < -0.3 is 14.2 Å². The standard InChI is InChI=1S/C18H24N4O2/c1-13-4-5-14(10-16(13)24-3)11-17(23)22-8-6-15(7-9-22)18-20-19-12-21(18)2/h4-5,10,12,15H,6-9,11H2,1-3H3. The molecule has 0 aliphatic carbocycles. The second-order valence-electron chi connectivity index (χ2n) is 6.44. The number of likely N-dealkylation sites (tertiary alicyclic amines) is 1. The highest BCUT2D eigenvalue weighted by atomic mass is 16.5. The first-order valence-electron chi connectivity index (χ1n) is 8.33. The number of carbonyl (C=O) groups excluding carboxylic acids is 1. The summed E-state index contributed by atoms with van der Waals surface area (Å²) in [5.74, 6) is 2.42. The molecule has 1 aliphatic heterocycles. The number of hydrogen-bond acceptors (Lipinski definition) is 4. The summed E-state index contributed by atoms with van der Waals surface area (Å²) in [7, 11) is 3.63. The molecular weight excluding hydrogens is 304 g/mol. The minimum Gasteiger partial charge on any atom is -0.496 e. The predicted octanol–water partition coefficient (Wildman–Crippen LogP) is 2.08. The largest absolute Gasteiger partial charge is 0.496 e. The Morgan fingerprint density at radius 1 is 1.33 bits per heavy atom. The van der Waals surface area contributed by atoms with Gasteiger partial charge in [0, 0.05) is 26.1 Å². The number of piperidine rings is 1. The van der Waals surface area contributed by atoms with Crippen molar-refractivity contribution in [3.05, 3.63) is 41.5 Å². The molecular formula is C18H24N4O2. The minimum absolute atomic E-state index is 0.178. The van der Waals surface area contributed by atoms with Gasteiger partial charge in [-0.2, -0.15) is 0 Å². The van der Waals surface area contributed by atoms with Gasteiger partial charge in [0.05, 0.1) is 13.5 Å². The fraction of sp³-hybridized carbons (Fsp3) is 0.500. The normalized spacial score (nSPS) is 15.5. The molecule has 6 nitrogen and oxygen atoms in total. The van der Waals surface area contributed by atoms with E-state index in [0.717, 1.165) is 48.6 Å². The lowest BCUT2D eigenvalue weighted by Gasteiger charge is -2.31. The van der Waals surface area contributed by atoms with Gasteiger partial charge in [-0.3, -0.25) is 4.79 Å². The zero-order chi connectivity index (χ0) is 17.1. The Labute approximate surface area is 142 Å². The number of aryl methyl sites for hydroxylation is 2. The Hall–Kier alpha value is -2.37. The van der Waals surface area contributed by atoms with Crippen molar-refractivity contribution in [3.63, 3.8) is 0 Å². The van der Waals surface area contributed by atoms with Crippen LogP contribution in [0, 0.1) is 6.92 Å². The molecule has 1 saturated heterocycles. The van der Waals surface area contributed by atoms with Gasteiger partial charge >= 0.3 is 0 Å². The van der Waals surface area contributed by atoms with Crippen LogP contribution < -0.4 is 4.74 Å². The molecule has 0 atom stereocenters. The number of nitrogens with zero attached hydrogens (tertiary/aromatic N) is 4. The fourth-order valence-electron chi connectivity index (χ4n) is 3.31. The molecule has 6 heteroatoms. The van der Waals surface area contributed by atoms with E-state index in [-0.39, 0.29) is 5.91 Å². The van der Waals surface area contributed by atoms with E-state index in [1.807, 2.05) is 41.6 Å². The van der Waals surface area contributed by atoms with Crippen molar-refractivity contribution in [3.8, 4) is 5.75 Å². The second-order valence-corrected chi connectivity index (χ2v) is 6.44. The molecule has 0 N–H and O–H groups in total. The average Bonchev–Trinajstić information content (AvgIpc) is 3.02. The average molecular weight is 328 g/mol. The smallest absolute Gasteiger partial charge is 0.226 e. The Bertz CT molecular complexity index is 718. The van der Waals surface area contributed by atoms with E-state index in [4.69, 9.17) is 4.74 Å². The summed E-state index contributed by atoms with van der Waals surface area (Å²) in [6.45, 7) is 3.56. The summed E-state index contributed by atoms with van der Waals surface area (Å²) < 4.78 is 7.31. The van der Waals surface area contributed by atoms with Crippen molar-refractivity contribution in [1.29, 1.82) is 0 Å². The highest BCUT2D eigenvalue weighted by Gasteiger charge is 2.26. The van der Waals surface area contributed by atoms with E-state index in [9.17, 15) is 4.79 Å². The van der Waals surface area contributed by atoms with E-state index >= 15 is 0 Å². The van der Waals surface area contributed by atoms with Gasteiger partial charge in [-0.05, 0) is 37.0 Å². The maximum absolute atomic E-state index is 12.6. The third kappa shape index (κ3) is 3.42. The van der Waals surface area contributed by atoms with Crippen molar-refractivity contribution in [2.45, 2.75) is 32.1 Å². The lowest BCUT2D eigenvalue weighted by molar-refractivity contribution is -0.131. The molecule has 2 aromatic rings. The number of ether oxygens (including phenoxy) is 1. The Morgan fingerprint density at radius 2 is 2.08 bits per heavy atom. The molecule has 0 saturated carbocycles.